The fourth-order valence-corrected chi connectivity index (χ4v) is 6.70. The van der Waals surface area contributed by atoms with Crippen LogP contribution in [0.1, 0.15) is 58.3 Å². The molecule has 3 saturated carbocycles. The van der Waals surface area contributed by atoms with Gasteiger partial charge in [0, 0.05) is 5.41 Å². The molecule has 0 aromatic carbocycles. The van der Waals surface area contributed by atoms with E-state index in [4.69, 9.17) is 0 Å². The third kappa shape index (κ3) is 1.85. The monoisotopic (exact) mass is 306 g/mol. The third-order valence-corrected chi connectivity index (χ3v) is 8.03. The van der Waals surface area contributed by atoms with Gasteiger partial charge >= 0.3 is 0 Å². The van der Waals surface area contributed by atoms with E-state index in [1.165, 1.54) is 5.57 Å². The van der Waals surface area contributed by atoms with E-state index in [1.807, 2.05) is 0 Å². The highest BCUT2D eigenvalue weighted by molar-refractivity contribution is 5.26. The van der Waals surface area contributed by atoms with Gasteiger partial charge in [-0.2, -0.15) is 0 Å². The van der Waals surface area contributed by atoms with Crippen molar-refractivity contribution < 1.29 is 15.3 Å². The lowest BCUT2D eigenvalue weighted by atomic mass is 9.47. The zero-order valence-corrected chi connectivity index (χ0v) is 13.7. The maximum atomic E-state index is 10.5. The van der Waals surface area contributed by atoms with E-state index in [0.717, 1.165) is 51.4 Å². The molecule has 3 nitrogen and oxygen atoms in total. The van der Waals surface area contributed by atoms with E-state index in [9.17, 15) is 15.3 Å². The van der Waals surface area contributed by atoms with Crippen LogP contribution in [-0.2, 0) is 0 Å². The molecule has 4 rings (SSSR count). The van der Waals surface area contributed by atoms with E-state index >= 15 is 0 Å². The Morgan fingerprint density at radius 3 is 2.68 bits per heavy atom. The average molecular weight is 306 g/mol. The lowest BCUT2D eigenvalue weighted by Crippen LogP contribution is -2.53. The molecule has 0 bridgehead atoms. The van der Waals surface area contributed by atoms with Crippen molar-refractivity contribution in [3.63, 3.8) is 0 Å². The van der Waals surface area contributed by atoms with E-state index in [1.54, 1.807) is 0 Å². The molecule has 4 aliphatic rings. The standard InChI is InChI=1S/C19H30O3/c1-18-8-7-16-14(15(18)4-5-17(18)22)3-2-12-10-13(21)6-9-19(12,16)11-20/h2,13-17,20-22H,3-11H2,1H3/t13-,14+,15+,16+,17+,18+,19-/m1/s1. The Kier molecular flexibility index (Phi) is 3.49. The third-order valence-electron chi connectivity index (χ3n) is 8.03. The van der Waals surface area contributed by atoms with E-state index in [-0.39, 0.29) is 29.6 Å². The summed E-state index contributed by atoms with van der Waals surface area (Å²) in [5, 5.41) is 30.8. The van der Waals surface area contributed by atoms with Gasteiger partial charge in [-0.05, 0) is 74.5 Å². The first kappa shape index (κ1) is 15.2. The molecule has 22 heavy (non-hydrogen) atoms. The van der Waals surface area contributed by atoms with Crippen molar-refractivity contribution in [1.82, 2.24) is 0 Å². The van der Waals surface area contributed by atoms with Gasteiger partial charge < -0.3 is 15.3 Å². The second-order valence-corrected chi connectivity index (χ2v) is 8.69. The molecule has 0 aromatic heterocycles. The van der Waals surface area contributed by atoms with Gasteiger partial charge in [0.05, 0.1) is 18.8 Å². The number of hydrogen-bond donors (Lipinski definition) is 3. The average Bonchev–Trinajstić information content (AvgIpc) is 2.82. The first-order valence-corrected chi connectivity index (χ1v) is 9.18. The first-order chi connectivity index (χ1) is 10.5. The summed E-state index contributed by atoms with van der Waals surface area (Å²) in [7, 11) is 0. The Bertz CT molecular complexity index is 487. The molecule has 3 fully saturated rings. The Balaban J connectivity index is 1.70. The molecule has 0 radical (unpaired) electrons. The number of allylic oxidation sites excluding steroid dienone is 1. The van der Waals surface area contributed by atoms with Crippen molar-refractivity contribution in [2.75, 3.05) is 6.61 Å². The highest BCUT2D eigenvalue weighted by Crippen LogP contribution is 2.64. The van der Waals surface area contributed by atoms with Crippen LogP contribution in [0, 0.1) is 28.6 Å². The molecule has 0 saturated heterocycles. The van der Waals surface area contributed by atoms with Gasteiger partial charge in [-0.3, -0.25) is 0 Å². The SMILES string of the molecule is C[C@]12CC[C@H]3[C@@H](CC=C4C[C@H](O)CC[C@@]43CO)[C@@H]1CC[C@@H]2O. The largest absolute Gasteiger partial charge is 0.395 e. The minimum atomic E-state index is -0.218. The predicted molar refractivity (Wildman–Crippen MR) is 85.1 cm³/mol. The van der Waals surface area contributed by atoms with Crippen LogP contribution in [0.3, 0.4) is 0 Å². The van der Waals surface area contributed by atoms with Gasteiger partial charge in [0.2, 0.25) is 0 Å². The number of fused-ring (bicyclic) bond motifs is 5. The Morgan fingerprint density at radius 1 is 1.09 bits per heavy atom. The zero-order valence-electron chi connectivity index (χ0n) is 13.7. The van der Waals surface area contributed by atoms with Crippen LogP contribution in [0.25, 0.3) is 0 Å². The van der Waals surface area contributed by atoms with Gasteiger partial charge in [0.15, 0.2) is 0 Å². The predicted octanol–water partition coefficient (Wildman–Crippen LogP) is 2.64. The highest BCUT2D eigenvalue weighted by Gasteiger charge is 2.59. The van der Waals surface area contributed by atoms with Gasteiger partial charge in [-0.1, -0.05) is 18.6 Å². The van der Waals surface area contributed by atoms with E-state index < -0.39 is 0 Å². The minimum absolute atomic E-state index is 0.0724. The second-order valence-electron chi connectivity index (χ2n) is 8.69. The summed E-state index contributed by atoms with van der Waals surface area (Å²) in [6, 6.07) is 0. The van der Waals surface area contributed by atoms with Crippen molar-refractivity contribution in [2.24, 2.45) is 28.6 Å². The Hall–Kier alpha value is -0.380. The topological polar surface area (TPSA) is 60.7 Å². The van der Waals surface area contributed by atoms with Crippen molar-refractivity contribution in [1.29, 1.82) is 0 Å². The van der Waals surface area contributed by atoms with E-state index in [0.29, 0.717) is 17.8 Å². The fraction of sp³-hybridized carbons (Fsp3) is 0.895. The molecule has 0 aromatic rings. The van der Waals surface area contributed by atoms with Crippen LogP contribution in [0.2, 0.25) is 0 Å². The molecule has 0 aliphatic heterocycles. The summed E-state index contributed by atoms with van der Waals surface area (Å²) in [6.07, 6.45) is 9.91. The quantitative estimate of drug-likeness (QED) is 0.653. The van der Waals surface area contributed by atoms with Crippen molar-refractivity contribution in [2.45, 2.75) is 70.5 Å². The van der Waals surface area contributed by atoms with Crippen LogP contribution in [-0.4, -0.2) is 34.1 Å². The number of aliphatic hydroxyl groups is 3. The van der Waals surface area contributed by atoms with Crippen LogP contribution in [0.4, 0.5) is 0 Å². The van der Waals surface area contributed by atoms with Crippen molar-refractivity contribution >= 4 is 0 Å². The molecule has 7 atom stereocenters. The number of hydrogen-bond acceptors (Lipinski definition) is 3. The van der Waals surface area contributed by atoms with Gasteiger partial charge in [-0.15, -0.1) is 0 Å². The van der Waals surface area contributed by atoms with Crippen LogP contribution >= 0.6 is 0 Å². The van der Waals surface area contributed by atoms with Gasteiger partial charge in [-0.25, -0.2) is 0 Å². The van der Waals surface area contributed by atoms with Gasteiger partial charge in [0.1, 0.15) is 0 Å². The normalized spacial score (nSPS) is 54.2. The van der Waals surface area contributed by atoms with Crippen molar-refractivity contribution in [3.05, 3.63) is 11.6 Å². The highest BCUT2D eigenvalue weighted by atomic mass is 16.3. The fourth-order valence-electron chi connectivity index (χ4n) is 6.70. The summed E-state index contributed by atoms with van der Waals surface area (Å²) in [5.74, 6) is 1.77. The number of rotatable bonds is 1. The molecular formula is C19H30O3. The van der Waals surface area contributed by atoms with Crippen LogP contribution in [0.15, 0.2) is 11.6 Å². The van der Waals surface area contributed by atoms with Crippen LogP contribution < -0.4 is 0 Å². The molecule has 0 heterocycles. The lowest BCUT2D eigenvalue weighted by Gasteiger charge is -2.58. The maximum absolute atomic E-state index is 10.5. The van der Waals surface area contributed by atoms with E-state index in [2.05, 4.69) is 13.0 Å². The molecule has 0 spiro atoms. The van der Waals surface area contributed by atoms with Crippen molar-refractivity contribution in [3.8, 4) is 0 Å². The summed E-state index contributed by atoms with van der Waals surface area (Å²) < 4.78 is 0. The lowest BCUT2D eigenvalue weighted by molar-refractivity contribution is -0.0889. The molecule has 124 valence electrons. The molecule has 0 unspecified atom stereocenters. The molecular weight excluding hydrogens is 276 g/mol. The number of aliphatic hydroxyl groups excluding tert-OH is 3. The molecule has 0 amide bonds. The Labute approximate surface area is 133 Å². The van der Waals surface area contributed by atoms with Gasteiger partial charge in [0.25, 0.3) is 0 Å². The minimum Gasteiger partial charge on any atom is -0.395 e. The summed E-state index contributed by atoms with van der Waals surface area (Å²) in [4.78, 5) is 0. The molecule has 4 aliphatic carbocycles. The summed E-state index contributed by atoms with van der Waals surface area (Å²) in [5.41, 5.74) is 1.35. The zero-order chi connectivity index (χ0) is 15.5. The molecule has 3 heteroatoms. The Morgan fingerprint density at radius 2 is 1.91 bits per heavy atom. The smallest absolute Gasteiger partial charge is 0.0596 e. The summed E-state index contributed by atoms with van der Waals surface area (Å²) >= 11 is 0. The first-order valence-electron chi connectivity index (χ1n) is 9.18. The maximum Gasteiger partial charge on any atom is 0.0596 e. The second kappa shape index (κ2) is 5.06. The molecule has 3 N–H and O–H groups in total. The summed E-state index contributed by atoms with van der Waals surface area (Å²) in [6.45, 7) is 2.53. The van der Waals surface area contributed by atoms with Crippen LogP contribution in [0.5, 0.6) is 0 Å².